The first-order valence-electron chi connectivity index (χ1n) is 8.15. The zero-order valence-corrected chi connectivity index (χ0v) is 18.1. The van der Waals surface area contributed by atoms with Gasteiger partial charge in [0.1, 0.15) is 6.54 Å². The normalized spacial score (nSPS) is 15.1. The molecule has 0 aliphatic carbocycles. The Labute approximate surface area is 183 Å². The van der Waals surface area contributed by atoms with Crippen molar-refractivity contribution in [2.45, 2.75) is 0 Å². The van der Waals surface area contributed by atoms with Gasteiger partial charge in [-0.05, 0) is 69.7 Å². The van der Waals surface area contributed by atoms with Crippen molar-refractivity contribution >= 4 is 68.1 Å². The zero-order chi connectivity index (χ0) is 21.1. The molecule has 0 saturated carbocycles. The maximum Gasteiger partial charge on any atom is 0.294 e. The molecule has 0 spiro atoms. The molecule has 150 valence electrons. The fourth-order valence-electron chi connectivity index (χ4n) is 2.50. The third kappa shape index (κ3) is 4.92. The van der Waals surface area contributed by atoms with Crippen molar-refractivity contribution in [3.8, 4) is 11.5 Å². The van der Waals surface area contributed by atoms with Crippen LogP contribution in [0.15, 0.2) is 45.8 Å². The lowest BCUT2D eigenvalue weighted by Gasteiger charge is -2.12. The van der Waals surface area contributed by atoms with E-state index in [0.717, 1.165) is 16.7 Å². The van der Waals surface area contributed by atoms with E-state index in [-0.39, 0.29) is 10.7 Å². The summed E-state index contributed by atoms with van der Waals surface area (Å²) < 4.78 is 5.65. The lowest BCUT2D eigenvalue weighted by Crippen LogP contribution is -2.36. The van der Waals surface area contributed by atoms with Crippen LogP contribution in [0.1, 0.15) is 5.56 Å². The van der Waals surface area contributed by atoms with E-state index in [9.17, 15) is 19.5 Å². The number of hydrogen-bond acceptors (Lipinski definition) is 6. The highest BCUT2D eigenvalue weighted by atomic mass is 79.9. The van der Waals surface area contributed by atoms with E-state index in [4.69, 9.17) is 16.3 Å². The van der Waals surface area contributed by atoms with Crippen LogP contribution in [0.3, 0.4) is 0 Å². The van der Waals surface area contributed by atoms with Crippen LogP contribution in [0.2, 0.25) is 5.02 Å². The summed E-state index contributed by atoms with van der Waals surface area (Å²) >= 11 is 9.96. The van der Waals surface area contributed by atoms with Crippen LogP contribution < -0.4 is 10.1 Å². The molecule has 0 atom stereocenters. The van der Waals surface area contributed by atoms with Gasteiger partial charge < -0.3 is 15.2 Å². The quantitative estimate of drug-likeness (QED) is 0.591. The Morgan fingerprint density at radius 3 is 2.72 bits per heavy atom. The van der Waals surface area contributed by atoms with E-state index in [1.54, 1.807) is 30.3 Å². The fraction of sp³-hybridized carbons (Fsp3) is 0.105. The second-order valence-electron chi connectivity index (χ2n) is 5.88. The van der Waals surface area contributed by atoms with Gasteiger partial charge in [-0.2, -0.15) is 0 Å². The third-order valence-electron chi connectivity index (χ3n) is 3.88. The van der Waals surface area contributed by atoms with Crippen LogP contribution in [0.4, 0.5) is 10.5 Å². The second-order valence-corrected chi connectivity index (χ2v) is 8.13. The van der Waals surface area contributed by atoms with Crippen molar-refractivity contribution in [3.05, 3.63) is 56.4 Å². The average Bonchev–Trinajstić information content (AvgIpc) is 2.92. The summed E-state index contributed by atoms with van der Waals surface area (Å²) in [4.78, 5) is 38.0. The number of nitrogens with zero attached hydrogens (tertiary/aromatic N) is 1. The number of nitrogens with one attached hydrogen (secondary N) is 1. The van der Waals surface area contributed by atoms with Crippen LogP contribution in [0.5, 0.6) is 11.5 Å². The van der Waals surface area contributed by atoms with Crippen molar-refractivity contribution in [3.63, 3.8) is 0 Å². The number of anilines is 1. The van der Waals surface area contributed by atoms with Crippen LogP contribution in [0.25, 0.3) is 6.08 Å². The largest absolute Gasteiger partial charge is 0.504 e. The molecule has 0 bridgehead atoms. The van der Waals surface area contributed by atoms with Gasteiger partial charge in [-0.15, -0.1) is 0 Å². The summed E-state index contributed by atoms with van der Waals surface area (Å²) in [7, 11) is 1.42. The molecule has 1 aliphatic rings. The number of carbonyl (C=O) groups is 3. The minimum atomic E-state index is -0.584. The van der Waals surface area contributed by atoms with E-state index in [2.05, 4.69) is 21.2 Å². The Hall–Kier alpha value is -2.49. The summed E-state index contributed by atoms with van der Waals surface area (Å²) in [6.45, 7) is -0.427. The summed E-state index contributed by atoms with van der Waals surface area (Å²) in [5.41, 5.74) is 0.960. The van der Waals surface area contributed by atoms with Crippen LogP contribution >= 0.6 is 39.3 Å². The molecule has 1 fully saturated rings. The van der Waals surface area contributed by atoms with Gasteiger partial charge in [0.25, 0.3) is 11.1 Å². The van der Waals surface area contributed by atoms with Crippen molar-refractivity contribution < 1.29 is 24.2 Å². The number of aromatic hydroxyl groups is 1. The molecular formula is C19H14BrClN2O5S. The highest BCUT2D eigenvalue weighted by Crippen LogP contribution is 2.34. The minimum absolute atomic E-state index is 0.0898. The molecule has 1 aliphatic heterocycles. The topological polar surface area (TPSA) is 95.9 Å². The number of phenols is 1. The lowest BCUT2D eigenvalue weighted by atomic mass is 10.2. The molecule has 3 amide bonds. The summed E-state index contributed by atoms with van der Waals surface area (Å²) in [5, 5.41) is 12.3. The van der Waals surface area contributed by atoms with Gasteiger partial charge in [-0.3, -0.25) is 19.3 Å². The monoisotopic (exact) mass is 496 g/mol. The Balaban J connectivity index is 1.70. The standard InChI is InChI=1S/C19H14BrClN2O5S/c1-28-15-5-2-10(6-14(15)24)7-16-18(26)23(19(27)29-16)9-17(25)22-11-3-4-12(20)13(21)8-11/h2-8,24H,9H2,1H3,(H,22,25)/b16-7+. The number of thioether (sulfide) groups is 1. The summed E-state index contributed by atoms with van der Waals surface area (Å²) in [5.74, 6) is -0.915. The maximum atomic E-state index is 12.5. The Kier molecular flexibility index (Phi) is 6.51. The van der Waals surface area contributed by atoms with Crippen molar-refractivity contribution in [2.24, 2.45) is 0 Å². The maximum absolute atomic E-state index is 12.5. The molecule has 1 saturated heterocycles. The Morgan fingerprint density at radius 2 is 2.07 bits per heavy atom. The molecule has 2 aromatic carbocycles. The van der Waals surface area contributed by atoms with E-state index >= 15 is 0 Å². The van der Waals surface area contributed by atoms with Gasteiger partial charge in [0.15, 0.2) is 11.5 Å². The number of halogens is 2. The number of ether oxygens (including phenoxy) is 1. The average molecular weight is 498 g/mol. The van der Waals surface area contributed by atoms with Gasteiger partial charge in [-0.25, -0.2) is 0 Å². The van der Waals surface area contributed by atoms with Gasteiger partial charge in [-0.1, -0.05) is 17.7 Å². The van der Waals surface area contributed by atoms with Gasteiger partial charge in [0.2, 0.25) is 5.91 Å². The molecule has 29 heavy (non-hydrogen) atoms. The smallest absolute Gasteiger partial charge is 0.294 e. The molecule has 1 heterocycles. The van der Waals surface area contributed by atoms with Gasteiger partial charge in [0, 0.05) is 10.2 Å². The first kappa shape index (κ1) is 21.2. The van der Waals surface area contributed by atoms with Gasteiger partial charge >= 0.3 is 0 Å². The predicted octanol–water partition coefficient (Wildman–Crippen LogP) is 4.49. The summed E-state index contributed by atoms with van der Waals surface area (Å²) in [6, 6.07) is 9.45. The third-order valence-corrected chi connectivity index (χ3v) is 6.02. The first-order chi connectivity index (χ1) is 13.8. The van der Waals surface area contributed by atoms with Crippen molar-refractivity contribution in [2.75, 3.05) is 19.0 Å². The molecule has 0 radical (unpaired) electrons. The highest BCUT2D eigenvalue weighted by molar-refractivity contribution is 9.10. The van der Waals surface area contributed by atoms with Crippen molar-refractivity contribution in [1.29, 1.82) is 0 Å². The predicted molar refractivity (Wildman–Crippen MR) is 115 cm³/mol. The molecule has 0 aromatic heterocycles. The van der Waals surface area contributed by atoms with E-state index < -0.39 is 23.6 Å². The van der Waals surface area contributed by atoms with Crippen LogP contribution in [-0.4, -0.2) is 40.7 Å². The molecule has 3 rings (SSSR count). The molecule has 7 nitrogen and oxygen atoms in total. The van der Waals surface area contributed by atoms with E-state index in [1.165, 1.54) is 19.3 Å². The first-order valence-corrected chi connectivity index (χ1v) is 10.1. The zero-order valence-electron chi connectivity index (χ0n) is 14.9. The van der Waals surface area contributed by atoms with Gasteiger partial charge in [0.05, 0.1) is 17.0 Å². The number of imide groups is 1. The van der Waals surface area contributed by atoms with E-state index in [1.807, 2.05) is 0 Å². The number of methoxy groups -OCH3 is 1. The molecular weight excluding hydrogens is 484 g/mol. The number of phenolic OH excluding ortho intramolecular Hbond substituents is 1. The Morgan fingerprint density at radius 1 is 1.31 bits per heavy atom. The fourth-order valence-corrected chi connectivity index (χ4v) is 3.77. The van der Waals surface area contributed by atoms with Crippen LogP contribution in [-0.2, 0) is 9.59 Å². The molecule has 10 heteroatoms. The minimum Gasteiger partial charge on any atom is -0.504 e. The van der Waals surface area contributed by atoms with Crippen LogP contribution in [0, 0.1) is 0 Å². The van der Waals surface area contributed by atoms with Crippen molar-refractivity contribution in [1.82, 2.24) is 4.90 Å². The second kappa shape index (κ2) is 8.89. The van der Waals surface area contributed by atoms with E-state index in [0.29, 0.717) is 26.5 Å². The lowest BCUT2D eigenvalue weighted by molar-refractivity contribution is -0.127. The number of carbonyl (C=O) groups excluding carboxylic acids is 3. The molecule has 2 aromatic rings. The Bertz CT molecular complexity index is 1040. The SMILES string of the molecule is COc1ccc(/C=C2/SC(=O)N(CC(=O)Nc3ccc(Br)c(Cl)c3)C2=O)cc1O. The molecule has 0 unspecified atom stereocenters. The molecule has 2 N–H and O–H groups in total. The number of benzene rings is 2. The number of hydrogen-bond donors (Lipinski definition) is 2. The number of rotatable bonds is 5. The summed E-state index contributed by atoms with van der Waals surface area (Å²) in [6.07, 6.45) is 1.47. The highest BCUT2D eigenvalue weighted by Gasteiger charge is 2.36. The number of amides is 3.